The highest BCUT2D eigenvalue weighted by Crippen LogP contribution is 2.25. The SMILES string of the molecule is O=C(COC(=O)c1ccccc1NCCO)Nc1nc(-c2ccc(F)cc2)cs1. The molecule has 150 valence electrons. The fourth-order valence-corrected chi connectivity index (χ4v) is 3.19. The van der Waals surface area contributed by atoms with Gasteiger partial charge in [-0.25, -0.2) is 14.2 Å². The molecule has 7 nitrogen and oxygen atoms in total. The number of anilines is 2. The molecule has 3 aromatic rings. The van der Waals surface area contributed by atoms with Crippen molar-refractivity contribution in [2.45, 2.75) is 0 Å². The second-order valence-corrected chi connectivity index (χ2v) is 6.72. The van der Waals surface area contributed by atoms with Gasteiger partial charge in [-0.1, -0.05) is 12.1 Å². The van der Waals surface area contributed by atoms with Gasteiger partial charge in [-0.15, -0.1) is 11.3 Å². The molecule has 0 atom stereocenters. The molecule has 2 aromatic carbocycles. The summed E-state index contributed by atoms with van der Waals surface area (Å²) in [6.45, 7) is -0.274. The smallest absolute Gasteiger partial charge is 0.340 e. The number of aromatic nitrogens is 1. The number of nitrogens with zero attached hydrogens (tertiary/aromatic N) is 1. The molecule has 1 aromatic heterocycles. The lowest BCUT2D eigenvalue weighted by molar-refractivity contribution is -0.119. The van der Waals surface area contributed by atoms with Crippen LogP contribution in [-0.2, 0) is 9.53 Å². The summed E-state index contributed by atoms with van der Waals surface area (Å²) in [7, 11) is 0. The van der Waals surface area contributed by atoms with Gasteiger partial charge in [0.1, 0.15) is 5.82 Å². The third kappa shape index (κ3) is 5.59. The molecular formula is C20H18FN3O4S. The Morgan fingerprint density at radius 3 is 2.66 bits per heavy atom. The number of hydrogen-bond donors (Lipinski definition) is 3. The topological polar surface area (TPSA) is 101 Å². The molecule has 0 radical (unpaired) electrons. The number of aliphatic hydroxyl groups excluding tert-OH is 1. The van der Waals surface area contributed by atoms with Crippen LogP contribution in [0.5, 0.6) is 0 Å². The van der Waals surface area contributed by atoms with Crippen LogP contribution < -0.4 is 10.6 Å². The molecule has 0 aliphatic heterocycles. The van der Waals surface area contributed by atoms with E-state index in [1.54, 1.807) is 41.8 Å². The van der Waals surface area contributed by atoms with Gasteiger partial charge in [-0.3, -0.25) is 10.1 Å². The van der Waals surface area contributed by atoms with Crippen molar-refractivity contribution >= 4 is 34.0 Å². The number of carbonyl (C=O) groups is 2. The van der Waals surface area contributed by atoms with E-state index in [1.165, 1.54) is 23.5 Å². The molecule has 0 aliphatic rings. The van der Waals surface area contributed by atoms with Crippen LogP contribution in [0.4, 0.5) is 15.2 Å². The minimum Gasteiger partial charge on any atom is -0.452 e. The summed E-state index contributed by atoms with van der Waals surface area (Å²) in [4.78, 5) is 28.6. The Morgan fingerprint density at radius 1 is 1.14 bits per heavy atom. The van der Waals surface area contributed by atoms with Gasteiger partial charge in [0.25, 0.3) is 5.91 Å². The van der Waals surface area contributed by atoms with E-state index in [9.17, 15) is 14.0 Å². The molecule has 0 aliphatic carbocycles. The monoisotopic (exact) mass is 415 g/mol. The van der Waals surface area contributed by atoms with E-state index in [1.807, 2.05) is 0 Å². The Kier molecular flexibility index (Phi) is 6.88. The van der Waals surface area contributed by atoms with Crippen LogP contribution in [0, 0.1) is 5.82 Å². The van der Waals surface area contributed by atoms with E-state index >= 15 is 0 Å². The Labute approximate surface area is 170 Å². The maximum atomic E-state index is 13.0. The van der Waals surface area contributed by atoms with Gasteiger partial charge in [0.2, 0.25) is 0 Å². The van der Waals surface area contributed by atoms with E-state index in [-0.39, 0.29) is 24.5 Å². The van der Waals surface area contributed by atoms with Gasteiger partial charge < -0.3 is 15.2 Å². The highest BCUT2D eigenvalue weighted by Gasteiger charge is 2.15. The van der Waals surface area contributed by atoms with Crippen LogP contribution in [0.15, 0.2) is 53.9 Å². The van der Waals surface area contributed by atoms with E-state index in [4.69, 9.17) is 9.84 Å². The standard InChI is InChI=1S/C20H18FN3O4S/c21-14-7-5-13(6-8-14)17-12-29-20(23-17)24-18(26)11-28-19(27)15-3-1-2-4-16(15)22-9-10-25/h1-8,12,22,25H,9-11H2,(H,23,24,26). The summed E-state index contributed by atoms with van der Waals surface area (Å²) in [6.07, 6.45) is 0. The summed E-state index contributed by atoms with van der Waals surface area (Å²) in [6, 6.07) is 12.5. The predicted octanol–water partition coefficient (Wildman–Crippen LogP) is 3.15. The number of amides is 1. The zero-order chi connectivity index (χ0) is 20.6. The van der Waals surface area contributed by atoms with Crippen molar-refractivity contribution in [1.29, 1.82) is 0 Å². The first-order valence-corrected chi connectivity index (χ1v) is 9.57. The van der Waals surface area contributed by atoms with Crippen LogP contribution in [0.1, 0.15) is 10.4 Å². The third-order valence-electron chi connectivity index (χ3n) is 3.80. The van der Waals surface area contributed by atoms with Crippen LogP contribution in [0.3, 0.4) is 0 Å². The maximum Gasteiger partial charge on any atom is 0.340 e. The van der Waals surface area contributed by atoms with Crippen LogP contribution in [0.2, 0.25) is 0 Å². The number of ether oxygens (including phenoxy) is 1. The summed E-state index contributed by atoms with van der Waals surface area (Å²) in [5, 5.41) is 16.5. The second kappa shape index (κ2) is 9.76. The number of carbonyl (C=O) groups excluding carboxylic acids is 2. The number of benzene rings is 2. The molecular weight excluding hydrogens is 397 g/mol. The van der Waals surface area contributed by atoms with Crippen LogP contribution in [-0.4, -0.2) is 41.7 Å². The molecule has 0 unspecified atom stereocenters. The lowest BCUT2D eigenvalue weighted by Gasteiger charge is -2.10. The van der Waals surface area contributed by atoms with Crippen molar-refractivity contribution in [3.05, 3.63) is 65.3 Å². The minimum atomic E-state index is -0.660. The molecule has 3 N–H and O–H groups in total. The van der Waals surface area contributed by atoms with E-state index in [0.29, 0.717) is 16.5 Å². The normalized spacial score (nSPS) is 10.4. The number of aliphatic hydroxyl groups is 1. The quantitative estimate of drug-likeness (QED) is 0.489. The molecule has 0 spiro atoms. The van der Waals surface area contributed by atoms with Crippen molar-refractivity contribution < 1.29 is 23.8 Å². The molecule has 3 rings (SSSR count). The van der Waals surface area contributed by atoms with Crippen molar-refractivity contribution in [3.63, 3.8) is 0 Å². The maximum absolute atomic E-state index is 13.0. The number of halogens is 1. The lowest BCUT2D eigenvalue weighted by atomic mass is 10.2. The van der Waals surface area contributed by atoms with Crippen LogP contribution >= 0.6 is 11.3 Å². The van der Waals surface area contributed by atoms with Crippen molar-refractivity contribution in [2.24, 2.45) is 0 Å². The van der Waals surface area contributed by atoms with E-state index in [0.717, 1.165) is 5.56 Å². The number of esters is 1. The van der Waals surface area contributed by atoms with Gasteiger partial charge in [0.15, 0.2) is 11.7 Å². The number of hydrogen-bond acceptors (Lipinski definition) is 7. The number of thiazole rings is 1. The third-order valence-corrected chi connectivity index (χ3v) is 4.56. The first kappa shape index (κ1) is 20.4. The molecule has 9 heteroatoms. The Balaban J connectivity index is 1.55. The molecule has 0 fully saturated rings. The summed E-state index contributed by atoms with van der Waals surface area (Å²) >= 11 is 1.21. The Bertz CT molecular complexity index is 991. The highest BCUT2D eigenvalue weighted by atomic mass is 32.1. The molecule has 0 bridgehead atoms. The number of para-hydroxylation sites is 1. The van der Waals surface area contributed by atoms with Gasteiger partial charge in [-0.2, -0.15) is 0 Å². The predicted molar refractivity (Wildman–Crippen MR) is 108 cm³/mol. The molecule has 1 heterocycles. The van der Waals surface area contributed by atoms with E-state index in [2.05, 4.69) is 15.6 Å². The Morgan fingerprint density at radius 2 is 1.90 bits per heavy atom. The average molecular weight is 415 g/mol. The zero-order valence-corrected chi connectivity index (χ0v) is 16.0. The average Bonchev–Trinajstić information content (AvgIpc) is 3.19. The zero-order valence-electron chi connectivity index (χ0n) is 15.2. The van der Waals surface area contributed by atoms with Crippen molar-refractivity contribution in [3.8, 4) is 11.3 Å². The number of rotatable bonds is 8. The van der Waals surface area contributed by atoms with Crippen LogP contribution in [0.25, 0.3) is 11.3 Å². The first-order chi connectivity index (χ1) is 14.1. The molecule has 0 saturated heterocycles. The summed E-state index contributed by atoms with van der Waals surface area (Å²) in [5.41, 5.74) is 2.10. The molecule has 0 saturated carbocycles. The van der Waals surface area contributed by atoms with Crippen molar-refractivity contribution in [2.75, 3.05) is 30.4 Å². The highest BCUT2D eigenvalue weighted by molar-refractivity contribution is 7.14. The number of nitrogens with one attached hydrogen (secondary N) is 2. The summed E-state index contributed by atoms with van der Waals surface area (Å²) < 4.78 is 18.1. The van der Waals surface area contributed by atoms with Gasteiger partial charge in [-0.05, 0) is 36.4 Å². The first-order valence-electron chi connectivity index (χ1n) is 8.69. The fourth-order valence-electron chi connectivity index (χ4n) is 2.45. The Hall–Kier alpha value is -3.30. The summed E-state index contributed by atoms with van der Waals surface area (Å²) in [5.74, 6) is -1.53. The largest absolute Gasteiger partial charge is 0.452 e. The fraction of sp³-hybridized carbons (Fsp3) is 0.150. The molecule has 29 heavy (non-hydrogen) atoms. The molecule has 1 amide bonds. The van der Waals surface area contributed by atoms with Gasteiger partial charge >= 0.3 is 5.97 Å². The van der Waals surface area contributed by atoms with Gasteiger partial charge in [0, 0.05) is 23.2 Å². The van der Waals surface area contributed by atoms with E-state index < -0.39 is 18.5 Å². The lowest BCUT2D eigenvalue weighted by Crippen LogP contribution is -2.21. The minimum absolute atomic E-state index is 0.0838. The van der Waals surface area contributed by atoms with Crippen molar-refractivity contribution in [1.82, 2.24) is 4.98 Å². The van der Waals surface area contributed by atoms with Gasteiger partial charge in [0.05, 0.1) is 17.9 Å². The second-order valence-electron chi connectivity index (χ2n) is 5.87.